The standard InChI is InChI=1S/C21H20N4O2/c1-4-15-6-8-16(9-7-15)21-22-24-25(23-21)12-17-11-19(26)27-20-14(3)13(2)5-10-18(17)20/h5-11H,4,12H2,1-3H3. The van der Waals surface area contributed by atoms with Crippen LogP contribution in [0.2, 0.25) is 0 Å². The van der Waals surface area contributed by atoms with E-state index >= 15 is 0 Å². The molecule has 0 bridgehead atoms. The van der Waals surface area contributed by atoms with Crippen LogP contribution in [0, 0.1) is 13.8 Å². The van der Waals surface area contributed by atoms with Crippen LogP contribution in [-0.4, -0.2) is 20.2 Å². The average molecular weight is 360 g/mol. The van der Waals surface area contributed by atoms with Crippen molar-refractivity contribution in [3.05, 3.63) is 75.1 Å². The molecule has 0 atom stereocenters. The van der Waals surface area contributed by atoms with Gasteiger partial charge in [0.05, 0.1) is 6.54 Å². The molecular weight excluding hydrogens is 340 g/mol. The third kappa shape index (κ3) is 3.26. The molecule has 4 rings (SSSR count). The SMILES string of the molecule is CCc1ccc(-c2nnn(Cc3cc(=O)oc4c(C)c(C)ccc34)n2)cc1. The van der Waals surface area contributed by atoms with Crippen molar-refractivity contribution in [2.24, 2.45) is 0 Å². The van der Waals surface area contributed by atoms with Crippen molar-refractivity contribution in [2.75, 3.05) is 0 Å². The van der Waals surface area contributed by atoms with Crippen molar-refractivity contribution in [1.82, 2.24) is 20.2 Å². The van der Waals surface area contributed by atoms with Gasteiger partial charge in [-0.1, -0.05) is 43.3 Å². The first kappa shape index (κ1) is 17.1. The van der Waals surface area contributed by atoms with Crippen molar-refractivity contribution in [3.63, 3.8) is 0 Å². The van der Waals surface area contributed by atoms with Gasteiger partial charge < -0.3 is 4.42 Å². The van der Waals surface area contributed by atoms with E-state index in [1.807, 2.05) is 38.1 Å². The lowest BCUT2D eigenvalue weighted by Gasteiger charge is -2.08. The fourth-order valence-corrected chi connectivity index (χ4v) is 3.12. The summed E-state index contributed by atoms with van der Waals surface area (Å²) < 4.78 is 5.43. The lowest BCUT2D eigenvalue weighted by molar-refractivity contribution is 0.543. The summed E-state index contributed by atoms with van der Waals surface area (Å²) in [5.41, 5.74) is 5.29. The van der Waals surface area contributed by atoms with Crippen LogP contribution >= 0.6 is 0 Å². The number of tetrazole rings is 1. The molecule has 2 aromatic heterocycles. The molecule has 0 N–H and O–H groups in total. The lowest BCUT2D eigenvalue weighted by atomic mass is 10.0. The summed E-state index contributed by atoms with van der Waals surface area (Å²) in [6, 6.07) is 13.6. The minimum Gasteiger partial charge on any atom is -0.422 e. The Balaban J connectivity index is 1.70. The molecule has 27 heavy (non-hydrogen) atoms. The topological polar surface area (TPSA) is 73.8 Å². The smallest absolute Gasteiger partial charge is 0.336 e. The Morgan fingerprint density at radius 2 is 1.85 bits per heavy atom. The molecule has 0 aliphatic rings. The van der Waals surface area contributed by atoms with Gasteiger partial charge in [-0.3, -0.25) is 0 Å². The molecule has 6 heteroatoms. The Morgan fingerprint density at radius 3 is 2.59 bits per heavy atom. The fourth-order valence-electron chi connectivity index (χ4n) is 3.12. The van der Waals surface area contributed by atoms with Gasteiger partial charge in [0, 0.05) is 17.0 Å². The summed E-state index contributed by atoms with van der Waals surface area (Å²) in [6.07, 6.45) is 0.989. The number of rotatable bonds is 4. The Kier molecular flexibility index (Phi) is 4.32. The number of aromatic nitrogens is 4. The molecule has 0 spiro atoms. The molecule has 0 saturated carbocycles. The van der Waals surface area contributed by atoms with Crippen LogP contribution < -0.4 is 5.63 Å². The van der Waals surface area contributed by atoms with E-state index in [-0.39, 0.29) is 5.63 Å². The number of aryl methyl sites for hydroxylation is 3. The molecule has 0 aliphatic heterocycles. The van der Waals surface area contributed by atoms with E-state index in [9.17, 15) is 4.79 Å². The van der Waals surface area contributed by atoms with Gasteiger partial charge in [-0.15, -0.1) is 10.2 Å². The second-order valence-corrected chi connectivity index (χ2v) is 6.67. The highest BCUT2D eigenvalue weighted by molar-refractivity contribution is 5.83. The highest BCUT2D eigenvalue weighted by atomic mass is 16.4. The third-order valence-electron chi connectivity index (χ3n) is 4.90. The van der Waals surface area contributed by atoms with Crippen molar-refractivity contribution in [3.8, 4) is 11.4 Å². The zero-order valence-electron chi connectivity index (χ0n) is 15.6. The molecule has 0 aliphatic carbocycles. The van der Waals surface area contributed by atoms with Gasteiger partial charge >= 0.3 is 5.63 Å². The molecule has 0 unspecified atom stereocenters. The first-order valence-electron chi connectivity index (χ1n) is 8.95. The Morgan fingerprint density at radius 1 is 1.07 bits per heavy atom. The lowest BCUT2D eigenvalue weighted by Crippen LogP contribution is -2.09. The van der Waals surface area contributed by atoms with Gasteiger partial charge in [0.1, 0.15) is 5.58 Å². The van der Waals surface area contributed by atoms with Gasteiger partial charge in [0.15, 0.2) is 0 Å². The van der Waals surface area contributed by atoms with Crippen molar-refractivity contribution in [1.29, 1.82) is 0 Å². The summed E-state index contributed by atoms with van der Waals surface area (Å²) in [5, 5.41) is 13.7. The zero-order valence-corrected chi connectivity index (χ0v) is 15.6. The molecule has 2 heterocycles. The van der Waals surface area contributed by atoms with E-state index in [0.29, 0.717) is 18.0 Å². The van der Waals surface area contributed by atoms with Gasteiger partial charge in [0.25, 0.3) is 0 Å². The zero-order chi connectivity index (χ0) is 19.0. The quantitative estimate of drug-likeness (QED) is 0.519. The molecule has 0 fully saturated rings. The number of nitrogens with zero attached hydrogens (tertiary/aromatic N) is 4. The molecule has 0 amide bonds. The van der Waals surface area contributed by atoms with Crippen LogP contribution in [0.4, 0.5) is 0 Å². The van der Waals surface area contributed by atoms with Gasteiger partial charge in [-0.05, 0) is 47.7 Å². The number of fused-ring (bicyclic) bond motifs is 1. The second kappa shape index (κ2) is 6.79. The van der Waals surface area contributed by atoms with Crippen LogP contribution in [0.5, 0.6) is 0 Å². The predicted octanol–water partition coefficient (Wildman–Crippen LogP) is 3.67. The van der Waals surface area contributed by atoms with E-state index in [1.165, 1.54) is 16.4 Å². The predicted molar refractivity (Wildman–Crippen MR) is 104 cm³/mol. The first-order valence-corrected chi connectivity index (χ1v) is 8.95. The summed E-state index contributed by atoms with van der Waals surface area (Å²) in [7, 11) is 0. The highest BCUT2D eigenvalue weighted by Gasteiger charge is 2.12. The minimum absolute atomic E-state index is 0.352. The summed E-state index contributed by atoms with van der Waals surface area (Å²) in [4.78, 5) is 13.5. The van der Waals surface area contributed by atoms with Crippen LogP contribution in [-0.2, 0) is 13.0 Å². The van der Waals surface area contributed by atoms with E-state index in [0.717, 1.165) is 34.1 Å². The number of benzene rings is 2. The van der Waals surface area contributed by atoms with Crippen LogP contribution in [0.1, 0.15) is 29.2 Å². The Labute approximate surface area is 156 Å². The number of hydrogen-bond acceptors (Lipinski definition) is 5. The molecular formula is C21H20N4O2. The largest absolute Gasteiger partial charge is 0.422 e. The number of hydrogen-bond donors (Lipinski definition) is 0. The van der Waals surface area contributed by atoms with Crippen molar-refractivity contribution < 1.29 is 4.42 Å². The second-order valence-electron chi connectivity index (χ2n) is 6.67. The maximum absolute atomic E-state index is 12.0. The summed E-state index contributed by atoms with van der Waals surface area (Å²) >= 11 is 0. The Bertz CT molecular complexity index is 1170. The molecule has 4 aromatic rings. The van der Waals surface area contributed by atoms with E-state index < -0.39 is 0 Å². The van der Waals surface area contributed by atoms with Crippen LogP contribution in [0.25, 0.3) is 22.4 Å². The van der Waals surface area contributed by atoms with E-state index in [4.69, 9.17) is 4.42 Å². The van der Waals surface area contributed by atoms with E-state index in [1.54, 1.807) is 0 Å². The normalized spacial score (nSPS) is 11.2. The fraction of sp³-hybridized carbons (Fsp3) is 0.238. The molecule has 0 saturated heterocycles. The van der Waals surface area contributed by atoms with Crippen LogP contribution in [0.15, 0.2) is 51.7 Å². The van der Waals surface area contributed by atoms with Crippen LogP contribution in [0.3, 0.4) is 0 Å². The van der Waals surface area contributed by atoms with Gasteiger partial charge in [0.2, 0.25) is 5.82 Å². The molecule has 136 valence electrons. The maximum atomic E-state index is 12.0. The average Bonchev–Trinajstić information content (AvgIpc) is 3.13. The van der Waals surface area contributed by atoms with E-state index in [2.05, 4.69) is 34.5 Å². The summed E-state index contributed by atoms with van der Waals surface area (Å²) in [5.74, 6) is 0.567. The highest BCUT2D eigenvalue weighted by Crippen LogP contribution is 2.24. The minimum atomic E-state index is -0.373. The first-order chi connectivity index (χ1) is 13.0. The van der Waals surface area contributed by atoms with Gasteiger partial charge in [-0.2, -0.15) is 4.80 Å². The monoisotopic (exact) mass is 360 g/mol. The maximum Gasteiger partial charge on any atom is 0.336 e. The molecule has 6 nitrogen and oxygen atoms in total. The van der Waals surface area contributed by atoms with Crippen molar-refractivity contribution in [2.45, 2.75) is 33.7 Å². The molecule has 2 aromatic carbocycles. The van der Waals surface area contributed by atoms with Gasteiger partial charge in [-0.25, -0.2) is 4.79 Å². The summed E-state index contributed by atoms with van der Waals surface area (Å²) in [6.45, 7) is 6.42. The Hall–Kier alpha value is -3.28. The van der Waals surface area contributed by atoms with Crippen molar-refractivity contribution >= 4 is 11.0 Å². The third-order valence-corrected chi connectivity index (χ3v) is 4.90. The molecule has 0 radical (unpaired) electrons.